The van der Waals surface area contributed by atoms with Gasteiger partial charge in [-0.3, -0.25) is 9.36 Å². The third kappa shape index (κ3) is 5.87. The van der Waals surface area contributed by atoms with E-state index in [4.69, 9.17) is 14.2 Å². The van der Waals surface area contributed by atoms with E-state index >= 15 is 0 Å². The molecule has 216 valence electrons. The summed E-state index contributed by atoms with van der Waals surface area (Å²) < 4.78 is 19.1. The molecule has 0 saturated carbocycles. The fourth-order valence-electron chi connectivity index (χ4n) is 4.84. The zero-order valence-electron chi connectivity index (χ0n) is 24.3. The summed E-state index contributed by atoms with van der Waals surface area (Å²) in [6, 6.07) is 22.6. The predicted octanol–water partition coefficient (Wildman–Crippen LogP) is 4.45. The Labute approximate surface area is 248 Å². The molecule has 0 saturated heterocycles. The zero-order valence-corrected chi connectivity index (χ0v) is 25.1. The number of anilines is 1. The molecule has 2 heterocycles. The molecule has 5 rings (SSSR count). The first-order valence-electron chi connectivity index (χ1n) is 13.6. The van der Waals surface area contributed by atoms with Gasteiger partial charge >= 0.3 is 5.97 Å². The standard InChI is InChI=1S/C33H33N3O5S/c1-6-40-32(38)29-21(2)34-33-36(30(29)24-13-15-25(16-14-24)35(3)4)31(37)28(42-33)19-23-12-17-26(27(18-23)39-5)41-20-22-10-8-7-9-11-22/h7-19,30H,6,20H2,1-5H3/b28-19+. The molecule has 0 N–H and O–H groups in total. The number of thiazole rings is 1. The lowest BCUT2D eigenvalue weighted by molar-refractivity contribution is -0.139. The Morgan fingerprint density at radius 3 is 2.45 bits per heavy atom. The van der Waals surface area contributed by atoms with E-state index in [1.807, 2.05) is 97.9 Å². The number of rotatable bonds is 9. The first kappa shape index (κ1) is 28.9. The fourth-order valence-corrected chi connectivity index (χ4v) is 5.89. The van der Waals surface area contributed by atoms with Crippen molar-refractivity contribution >= 4 is 29.1 Å². The van der Waals surface area contributed by atoms with E-state index in [1.54, 1.807) is 25.5 Å². The van der Waals surface area contributed by atoms with Gasteiger partial charge in [-0.1, -0.05) is 59.9 Å². The second-order valence-corrected chi connectivity index (χ2v) is 11.0. The minimum atomic E-state index is -0.665. The van der Waals surface area contributed by atoms with Crippen LogP contribution in [0.4, 0.5) is 5.69 Å². The summed E-state index contributed by atoms with van der Waals surface area (Å²) in [5.41, 5.74) is 4.28. The van der Waals surface area contributed by atoms with E-state index < -0.39 is 12.0 Å². The maximum atomic E-state index is 13.9. The fraction of sp³-hybridized carbons (Fsp3) is 0.242. The Morgan fingerprint density at radius 2 is 1.79 bits per heavy atom. The van der Waals surface area contributed by atoms with E-state index in [1.165, 1.54) is 11.3 Å². The van der Waals surface area contributed by atoms with Crippen LogP contribution in [0.3, 0.4) is 0 Å². The molecular formula is C33H33N3O5S. The number of benzene rings is 3. The summed E-state index contributed by atoms with van der Waals surface area (Å²) in [5, 5.41) is 0. The van der Waals surface area contributed by atoms with E-state index in [-0.39, 0.29) is 12.2 Å². The van der Waals surface area contributed by atoms with Crippen molar-refractivity contribution in [1.29, 1.82) is 0 Å². The van der Waals surface area contributed by atoms with Crippen molar-refractivity contribution in [3.05, 3.63) is 120 Å². The molecule has 3 aromatic carbocycles. The molecule has 9 heteroatoms. The van der Waals surface area contributed by atoms with Gasteiger partial charge in [-0.25, -0.2) is 9.79 Å². The lowest BCUT2D eigenvalue weighted by atomic mass is 9.95. The average Bonchev–Trinajstić information content (AvgIpc) is 3.30. The largest absolute Gasteiger partial charge is 0.493 e. The van der Waals surface area contributed by atoms with Gasteiger partial charge in [0, 0.05) is 19.8 Å². The zero-order chi connectivity index (χ0) is 29.8. The highest BCUT2D eigenvalue weighted by atomic mass is 32.1. The molecular weight excluding hydrogens is 550 g/mol. The lowest BCUT2D eigenvalue weighted by Gasteiger charge is -2.25. The van der Waals surface area contributed by atoms with Gasteiger partial charge < -0.3 is 19.1 Å². The molecule has 0 bridgehead atoms. The van der Waals surface area contributed by atoms with Gasteiger partial charge in [0.15, 0.2) is 16.3 Å². The Morgan fingerprint density at radius 1 is 1.05 bits per heavy atom. The van der Waals surface area contributed by atoms with Crippen LogP contribution in [-0.4, -0.2) is 38.3 Å². The number of hydrogen-bond donors (Lipinski definition) is 0. The lowest BCUT2D eigenvalue weighted by Crippen LogP contribution is -2.39. The van der Waals surface area contributed by atoms with Gasteiger partial charge in [-0.15, -0.1) is 0 Å². The molecule has 1 atom stereocenters. The summed E-state index contributed by atoms with van der Waals surface area (Å²) in [7, 11) is 5.51. The van der Waals surface area contributed by atoms with Gasteiger partial charge in [0.25, 0.3) is 5.56 Å². The van der Waals surface area contributed by atoms with Crippen LogP contribution in [0, 0.1) is 0 Å². The maximum Gasteiger partial charge on any atom is 0.338 e. The highest BCUT2D eigenvalue weighted by molar-refractivity contribution is 7.07. The van der Waals surface area contributed by atoms with Gasteiger partial charge in [0.2, 0.25) is 0 Å². The summed E-state index contributed by atoms with van der Waals surface area (Å²) in [4.78, 5) is 34.3. The quantitative estimate of drug-likeness (QED) is 0.271. The summed E-state index contributed by atoms with van der Waals surface area (Å²) in [5.74, 6) is 0.688. The number of carbonyl (C=O) groups is 1. The highest BCUT2D eigenvalue weighted by Crippen LogP contribution is 2.32. The molecule has 0 aliphatic carbocycles. The summed E-state index contributed by atoms with van der Waals surface area (Å²) in [6.07, 6.45) is 1.81. The SMILES string of the molecule is CCOC(=O)C1=C(C)N=c2s/c(=C/c3ccc(OCc4ccccc4)c(OC)c3)c(=O)n2C1c1ccc(N(C)C)cc1. The van der Waals surface area contributed by atoms with Gasteiger partial charge in [-0.05, 0) is 60.9 Å². The molecule has 1 aromatic heterocycles. The van der Waals surface area contributed by atoms with Gasteiger partial charge in [0.05, 0.1) is 35.6 Å². The van der Waals surface area contributed by atoms with Crippen molar-refractivity contribution in [2.75, 3.05) is 32.7 Å². The predicted molar refractivity (Wildman–Crippen MR) is 165 cm³/mol. The first-order chi connectivity index (χ1) is 20.3. The Balaban J connectivity index is 1.55. The molecule has 4 aromatic rings. The van der Waals surface area contributed by atoms with Crippen LogP contribution >= 0.6 is 11.3 Å². The van der Waals surface area contributed by atoms with Crippen LogP contribution in [0.5, 0.6) is 11.5 Å². The van der Waals surface area contributed by atoms with Crippen molar-refractivity contribution in [2.45, 2.75) is 26.5 Å². The highest BCUT2D eigenvalue weighted by Gasteiger charge is 2.33. The van der Waals surface area contributed by atoms with E-state index in [0.717, 1.165) is 22.4 Å². The molecule has 8 nitrogen and oxygen atoms in total. The van der Waals surface area contributed by atoms with Crippen molar-refractivity contribution in [2.24, 2.45) is 4.99 Å². The normalized spacial score (nSPS) is 14.7. The van der Waals surface area contributed by atoms with E-state index in [2.05, 4.69) is 4.99 Å². The number of carbonyl (C=O) groups excluding carboxylic acids is 1. The molecule has 0 radical (unpaired) electrons. The maximum absolute atomic E-state index is 13.9. The molecule has 1 unspecified atom stereocenters. The topological polar surface area (TPSA) is 82.4 Å². The molecule has 0 fully saturated rings. The average molecular weight is 584 g/mol. The van der Waals surface area contributed by atoms with Crippen LogP contribution in [-0.2, 0) is 16.1 Å². The number of hydrogen-bond acceptors (Lipinski definition) is 8. The first-order valence-corrected chi connectivity index (χ1v) is 14.4. The third-order valence-corrected chi connectivity index (χ3v) is 7.95. The molecule has 0 amide bonds. The molecule has 1 aliphatic rings. The second kappa shape index (κ2) is 12.5. The van der Waals surface area contributed by atoms with Crippen molar-refractivity contribution in [3.63, 3.8) is 0 Å². The molecule has 42 heavy (non-hydrogen) atoms. The minimum Gasteiger partial charge on any atom is -0.493 e. The van der Waals surface area contributed by atoms with Crippen LogP contribution in [0.1, 0.15) is 36.6 Å². The summed E-state index contributed by atoms with van der Waals surface area (Å²) in [6.45, 7) is 4.17. The van der Waals surface area contributed by atoms with Crippen molar-refractivity contribution in [3.8, 4) is 11.5 Å². The van der Waals surface area contributed by atoms with Crippen LogP contribution < -0.4 is 29.3 Å². The van der Waals surface area contributed by atoms with E-state index in [9.17, 15) is 9.59 Å². The number of aromatic nitrogens is 1. The van der Waals surface area contributed by atoms with Crippen LogP contribution in [0.15, 0.2) is 93.9 Å². The molecule has 0 spiro atoms. The number of esters is 1. The Bertz CT molecular complexity index is 1810. The van der Waals surface area contributed by atoms with Crippen LogP contribution in [0.2, 0.25) is 0 Å². The Kier molecular flexibility index (Phi) is 8.59. The summed E-state index contributed by atoms with van der Waals surface area (Å²) >= 11 is 1.28. The smallest absolute Gasteiger partial charge is 0.338 e. The monoisotopic (exact) mass is 583 g/mol. The number of allylic oxidation sites excluding steroid dienone is 1. The van der Waals surface area contributed by atoms with Gasteiger partial charge in [0.1, 0.15) is 6.61 Å². The van der Waals surface area contributed by atoms with E-state index in [0.29, 0.717) is 38.7 Å². The number of fused-ring (bicyclic) bond motifs is 1. The third-order valence-electron chi connectivity index (χ3n) is 6.96. The Hall–Kier alpha value is -4.63. The minimum absolute atomic E-state index is 0.221. The van der Waals surface area contributed by atoms with Gasteiger partial charge in [-0.2, -0.15) is 0 Å². The number of methoxy groups -OCH3 is 1. The number of ether oxygens (including phenoxy) is 3. The second-order valence-electron chi connectivity index (χ2n) is 9.97. The molecule has 1 aliphatic heterocycles. The van der Waals surface area contributed by atoms with Crippen molar-refractivity contribution < 1.29 is 19.0 Å². The number of nitrogens with zero attached hydrogens (tertiary/aromatic N) is 3. The van der Waals surface area contributed by atoms with Crippen molar-refractivity contribution in [1.82, 2.24) is 4.57 Å². The van der Waals surface area contributed by atoms with Crippen LogP contribution in [0.25, 0.3) is 6.08 Å².